The molecule has 0 bridgehead atoms. The summed E-state index contributed by atoms with van der Waals surface area (Å²) < 4.78 is 84.9. The smallest absolute Gasteiger partial charge is 0.422 e. The fraction of sp³-hybridized carbons (Fsp3) is 0.200. The van der Waals surface area contributed by atoms with E-state index in [4.69, 9.17) is 4.42 Å². The van der Waals surface area contributed by atoms with Crippen molar-refractivity contribution in [2.45, 2.75) is 19.3 Å². The van der Waals surface area contributed by atoms with Crippen LogP contribution in [0, 0.1) is 6.92 Å². The summed E-state index contributed by atoms with van der Waals surface area (Å²) in [6, 6.07) is -0.0255. The Morgan fingerprint density at radius 2 is 1.81 bits per heavy atom. The minimum atomic E-state index is -5.08. The van der Waals surface area contributed by atoms with Gasteiger partial charge in [-0.1, -0.05) is 6.58 Å². The van der Waals surface area contributed by atoms with Crippen molar-refractivity contribution in [2.75, 3.05) is 0 Å². The fourth-order valence-corrected chi connectivity index (χ4v) is 2.37. The lowest BCUT2D eigenvalue weighted by atomic mass is 10.1. The third-order valence-electron chi connectivity index (χ3n) is 3.57. The summed E-state index contributed by atoms with van der Waals surface area (Å²) in [7, 11) is 0. The molecule has 0 amide bonds. The van der Waals surface area contributed by atoms with Crippen molar-refractivity contribution in [3.05, 3.63) is 47.9 Å². The van der Waals surface area contributed by atoms with Crippen LogP contribution in [0.4, 0.5) is 26.3 Å². The largest absolute Gasteiger partial charge is 0.433 e. The Morgan fingerprint density at radius 1 is 1.11 bits per heavy atom. The molecule has 0 N–H and O–H groups in total. The van der Waals surface area contributed by atoms with Gasteiger partial charge in [0.2, 0.25) is 6.39 Å². The Hall–Kier alpha value is -3.18. The number of imidazole rings is 1. The highest BCUT2D eigenvalue weighted by Gasteiger charge is 2.40. The second-order valence-electron chi connectivity index (χ2n) is 5.30. The van der Waals surface area contributed by atoms with Crippen LogP contribution in [0.25, 0.3) is 23.5 Å². The molecule has 0 saturated heterocycles. The second-order valence-corrected chi connectivity index (χ2v) is 5.30. The molecule has 0 atom stereocenters. The Bertz CT molecular complexity index is 988. The number of pyridine rings is 1. The van der Waals surface area contributed by atoms with Crippen LogP contribution in [-0.4, -0.2) is 24.7 Å². The van der Waals surface area contributed by atoms with Crippen molar-refractivity contribution in [3.8, 4) is 17.4 Å². The molecule has 6 nitrogen and oxygen atoms in total. The van der Waals surface area contributed by atoms with Gasteiger partial charge in [-0.25, -0.2) is 9.97 Å². The van der Waals surface area contributed by atoms with Crippen LogP contribution in [0.5, 0.6) is 0 Å². The van der Waals surface area contributed by atoms with E-state index in [1.165, 1.54) is 0 Å². The maximum atomic E-state index is 13.3. The summed E-state index contributed by atoms with van der Waals surface area (Å²) in [4.78, 5) is 7.39. The van der Waals surface area contributed by atoms with Crippen LogP contribution in [0.3, 0.4) is 0 Å². The molecule has 0 fully saturated rings. The maximum absolute atomic E-state index is 13.3. The summed E-state index contributed by atoms with van der Waals surface area (Å²) in [5.74, 6) is -0.714. The zero-order valence-corrected chi connectivity index (χ0v) is 13.4. The third-order valence-corrected chi connectivity index (χ3v) is 3.57. The SMILES string of the molecule is C=Cc1nc(-c2nnco2)cn1-c1nc(C(F)(F)F)cc(C(F)(F)F)c1C. The highest BCUT2D eigenvalue weighted by atomic mass is 19.4. The number of halogens is 6. The van der Waals surface area contributed by atoms with Gasteiger partial charge in [-0.05, 0) is 19.1 Å². The predicted octanol–water partition coefficient (Wildman–Crippen LogP) is 4.31. The maximum Gasteiger partial charge on any atom is 0.433 e. The molecule has 3 rings (SSSR count). The van der Waals surface area contributed by atoms with Gasteiger partial charge in [-0.2, -0.15) is 26.3 Å². The van der Waals surface area contributed by atoms with Crippen molar-refractivity contribution in [3.63, 3.8) is 0 Å². The first-order valence-corrected chi connectivity index (χ1v) is 7.17. The van der Waals surface area contributed by atoms with Gasteiger partial charge in [0.1, 0.15) is 23.0 Å². The molecular formula is C15H9F6N5O. The van der Waals surface area contributed by atoms with Crippen LogP contribution in [0.2, 0.25) is 0 Å². The molecule has 0 saturated carbocycles. The van der Waals surface area contributed by atoms with Gasteiger partial charge in [-0.15, -0.1) is 10.2 Å². The van der Waals surface area contributed by atoms with Crippen LogP contribution in [0.15, 0.2) is 29.7 Å². The summed E-state index contributed by atoms with van der Waals surface area (Å²) >= 11 is 0. The number of hydrogen-bond acceptors (Lipinski definition) is 5. The van der Waals surface area contributed by atoms with E-state index < -0.39 is 35.0 Å². The van der Waals surface area contributed by atoms with E-state index >= 15 is 0 Å². The van der Waals surface area contributed by atoms with Crippen molar-refractivity contribution in [2.24, 2.45) is 0 Å². The first kappa shape index (κ1) is 18.6. The lowest BCUT2D eigenvalue weighted by molar-refractivity contribution is -0.145. The molecule has 12 heteroatoms. The van der Waals surface area contributed by atoms with Crippen LogP contribution in [-0.2, 0) is 12.4 Å². The first-order chi connectivity index (χ1) is 12.5. The molecule has 142 valence electrons. The number of nitrogens with zero attached hydrogens (tertiary/aromatic N) is 5. The Balaban J connectivity index is 2.29. The average Bonchev–Trinajstić information content (AvgIpc) is 3.22. The van der Waals surface area contributed by atoms with Crippen LogP contribution in [0.1, 0.15) is 22.6 Å². The normalized spacial score (nSPS) is 12.4. The molecule has 0 aliphatic heterocycles. The number of hydrogen-bond donors (Lipinski definition) is 0. The van der Waals surface area contributed by atoms with E-state index in [1.807, 2.05) is 0 Å². The van der Waals surface area contributed by atoms with E-state index in [9.17, 15) is 26.3 Å². The van der Waals surface area contributed by atoms with Gasteiger partial charge in [0, 0.05) is 11.8 Å². The lowest BCUT2D eigenvalue weighted by Crippen LogP contribution is -2.18. The van der Waals surface area contributed by atoms with Gasteiger partial charge >= 0.3 is 12.4 Å². The monoisotopic (exact) mass is 389 g/mol. The highest BCUT2D eigenvalue weighted by molar-refractivity contribution is 5.55. The van der Waals surface area contributed by atoms with Crippen LogP contribution >= 0.6 is 0 Å². The van der Waals surface area contributed by atoms with Crippen molar-refractivity contribution >= 4 is 6.08 Å². The van der Waals surface area contributed by atoms with Crippen molar-refractivity contribution < 1.29 is 30.8 Å². The standard InChI is InChI=1S/C15H9F6N5O/c1-3-11-23-9(13-25-22-6-27-13)5-26(11)12-7(2)8(14(16,17)18)4-10(24-12)15(19,20)21/h3-6H,1H2,2H3. The molecule has 0 unspecified atom stereocenters. The first-order valence-electron chi connectivity index (χ1n) is 7.17. The molecule has 3 heterocycles. The van der Waals surface area contributed by atoms with Gasteiger partial charge in [0.05, 0.1) is 5.56 Å². The molecule has 0 spiro atoms. The summed E-state index contributed by atoms with van der Waals surface area (Å²) in [6.45, 7) is 4.48. The minimum absolute atomic E-state index is 0.0255. The van der Waals surface area contributed by atoms with E-state index in [2.05, 4.69) is 26.7 Å². The van der Waals surface area contributed by atoms with Gasteiger partial charge in [0.15, 0.2) is 0 Å². The van der Waals surface area contributed by atoms with E-state index in [1.54, 1.807) is 0 Å². The van der Waals surface area contributed by atoms with Crippen LogP contribution < -0.4 is 0 Å². The predicted molar refractivity (Wildman–Crippen MR) is 79.5 cm³/mol. The molecule has 0 radical (unpaired) electrons. The lowest BCUT2D eigenvalue weighted by Gasteiger charge is -2.17. The van der Waals surface area contributed by atoms with E-state index in [0.717, 1.165) is 30.2 Å². The average molecular weight is 389 g/mol. The Kier molecular flexibility index (Phi) is 4.28. The van der Waals surface area contributed by atoms with Gasteiger partial charge in [-0.3, -0.25) is 4.57 Å². The van der Waals surface area contributed by atoms with Gasteiger partial charge < -0.3 is 4.42 Å². The molecule has 27 heavy (non-hydrogen) atoms. The zero-order chi connectivity index (χ0) is 20.0. The van der Waals surface area contributed by atoms with E-state index in [-0.39, 0.29) is 23.5 Å². The number of alkyl halides is 6. The second kappa shape index (κ2) is 6.21. The molecular weight excluding hydrogens is 380 g/mol. The highest BCUT2D eigenvalue weighted by Crippen LogP contribution is 2.38. The molecule has 0 aliphatic carbocycles. The zero-order valence-electron chi connectivity index (χ0n) is 13.4. The minimum Gasteiger partial charge on any atom is -0.422 e. The van der Waals surface area contributed by atoms with E-state index in [0.29, 0.717) is 0 Å². The van der Waals surface area contributed by atoms with Crippen molar-refractivity contribution in [1.29, 1.82) is 0 Å². The fourth-order valence-electron chi connectivity index (χ4n) is 2.37. The molecule has 3 aromatic heterocycles. The summed E-state index contributed by atoms with van der Waals surface area (Å²) in [6.07, 6.45) is -6.80. The van der Waals surface area contributed by atoms with Crippen molar-refractivity contribution in [1.82, 2.24) is 24.7 Å². The number of rotatable bonds is 3. The van der Waals surface area contributed by atoms with Gasteiger partial charge in [0.25, 0.3) is 5.89 Å². The summed E-state index contributed by atoms with van der Waals surface area (Å²) in [5.41, 5.74) is -3.61. The quantitative estimate of drug-likeness (QED) is 0.625. The molecule has 3 aromatic rings. The summed E-state index contributed by atoms with van der Waals surface area (Å²) in [5, 5.41) is 7.04. The topological polar surface area (TPSA) is 69.6 Å². The Labute approximate surface area is 147 Å². The Morgan fingerprint density at radius 3 is 2.33 bits per heavy atom. The molecule has 0 aliphatic rings. The number of aromatic nitrogens is 5. The third kappa shape index (κ3) is 3.41. The molecule has 0 aromatic carbocycles.